The number of methoxy groups -OCH3 is 1. The van der Waals surface area contributed by atoms with Crippen molar-refractivity contribution < 1.29 is 27.4 Å². The van der Waals surface area contributed by atoms with Crippen LogP contribution in [0.25, 0.3) is 5.69 Å². The number of morpholine rings is 1. The van der Waals surface area contributed by atoms with E-state index in [4.69, 9.17) is 14.9 Å². The Bertz CT molecular complexity index is 1280. The van der Waals surface area contributed by atoms with E-state index in [1.165, 1.54) is 12.0 Å². The third-order valence-corrected chi connectivity index (χ3v) is 6.38. The summed E-state index contributed by atoms with van der Waals surface area (Å²) in [7, 11) is 1.49. The van der Waals surface area contributed by atoms with E-state index >= 15 is 0 Å². The van der Waals surface area contributed by atoms with Gasteiger partial charge in [0.15, 0.2) is 5.69 Å². The van der Waals surface area contributed by atoms with Gasteiger partial charge in [0.05, 0.1) is 26.0 Å². The van der Waals surface area contributed by atoms with Crippen LogP contribution in [-0.4, -0.2) is 66.4 Å². The van der Waals surface area contributed by atoms with E-state index in [1.807, 2.05) is 4.90 Å². The Labute approximate surface area is 205 Å². The van der Waals surface area contributed by atoms with Gasteiger partial charge >= 0.3 is 6.18 Å². The summed E-state index contributed by atoms with van der Waals surface area (Å²) in [6.07, 6.45) is -4.68. The van der Waals surface area contributed by atoms with Crippen LogP contribution in [0.5, 0.6) is 5.75 Å². The minimum absolute atomic E-state index is 0.0113. The summed E-state index contributed by atoms with van der Waals surface area (Å²) in [6, 6.07) is 13.2. The zero-order valence-corrected chi connectivity index (χ0v) is 19.5. The number of nitrogens with zero attached hydrogens (tertiary/aromatic N) is 4. The summed E-state index contributed by atoms with van der Waals surface area (Å²) in [6.45, 7) is 2.47. The van der Waals surface area contributed by atoms with Crippen molar-refractivity contribution in [1.29, 1.82) is 5.41 Å². The third-order valence-electron chi connectivity index (χ3n) is 6.38. The molecule has 1 aromatic heterocycles. The summed E-state index contributed by atoms with van der Waals surface area (Å²) in [5.74, 6) is 0.335. The lowest BCUT2D eigenvalue weighted by Crippen LogP contribution is -2.41. The zero-order chi connectivity index (χ0) is 25.4. The van der Waals surface area contributed by atoms with Gasteiger partial charge in [-0.1, -0.05) is 0 Å². The number of hydrogen-bond donors (Lipinski definition) is 1. The molecule has 1 amide bonds. The highest BCUT2D eigenvalue weighted by Crippen LogP contribution is 2.37. The normalized spacial score (nSPS) is 16.2. The molecule has 0 unspecified atom stereocenters. The first-order valence-electron chi connectivity index (χ1n) is 11.4. The quantitative estimate of drug-likeness (QED) is 0.437. The molecule has 11 heteroatoms. The monoisotopic (exact) mass is 499 g/mol. The van der Waals surface area contributed by atoms with Gasteiger partial charge in [-0.2, -0.15) is 18.3 Å². The highest BCUT2D eigenvalue weighted by molar-refractivity contribution is 6.08. The zero-order valence-electron chi connectivity index (χ0n) is 19.5. The molecule has 0 radical (unpaired) electrons. The van der Waals surface area contributed by atoms with Crippen molar-refractivity contribution in [3.63, 3.8) is 0 Å². The first-order valence-corrected chi connectivity index (χ1v) is 11.4. The molecule has 1 saturated heterocycles. The highest BCUT2D eigenvalue weighted by atomic mass is 19.4. The summed E-state index contributed by atoms with van der Waals surface area (Å²) in [4.78, 5) is 16.9. The number of anilines is 1. The van der Waals surface area contributed by atoms with Gasteiger partial charge in [0.2, 0.25) is 0 Å². The molecule has 2 aliphatic rings. The molecule has 3 heterocycles. The Kier molecular flexibility index (Phi) is 6.17. The molecule has 2 aliphatic heterocycles. The van der Waals surface area contributed by atoms with E-state index in [-0.39, 0.29) is 24.2 Å². The van der Waals surface area contributed by atoms with E-state index in [2.05, 4.69) is 5.10 Å². The lowest BCUT2D eigenvalue weighted by Gasteiger charge is -2.30. The van der Waals surface area contributed by atoms with Crippen LogP contribution in [0.4, 0.5) is 18.9 Å². The number of fused-ring (bicyclic) bond motifs is 1. The van der Waals surface area contributed by atoms with Crippen LogP contribution in [0.1, 0.15) is 27.3 Å². The van der Waals surface area contributed by atoms with Crippen LogP contribution in [0.2, 0.25) is 0 Å². The lowest BCUT2D eigenvalue weighted by molar-refractivity contribution is -0.141. The fraction of sp³-hybridized carbons (Fsp3) is 0.320. The SMILES string of the molecule is COc1ccc(-n2nc(C(F)(F)F)c3c2C(=O)N(c2ccc(C(=N)N4CCOCC4)cc2)CC3)cc1. The smallest absolute Gasteiger partial charge is 0.435 e. The second kappa shape index (κ2) is 9.30. The van der Waals surface area contributed by atoms with Gasteiger partial charge in [0, 0.05) is 36.4 Å². The average molecular weight is 499 g/mol. The molecule has 0 aliphatic carbocycles. The predicted octanol–water partition coefficient (Wildman–Crippen LogP) is 3.76. The van der Waals surface area contributed by atoms with Crippen LogP contribution in [0, 0.1) is 5.41 Å². The standard InChI is InChI=1S/C25H24F3N5O3/c1-35-19-8-6-18(7-9-19)33-21-20(22(30-33)25(26,27)28)10-11-32(24(21)34)17-4-2-16(3-5-17)23(29)31-12-14-36-15-13-31/h2-9,29H,10-15H2,1H3. The van der Waals surface area contributed by atoms with Gasteiger partial charge in [0.1, 0.15) is 17.3 Å². The van der Waals surface area contributed by atoms with E-state index in [9.17, 15) is 18.0 Å². The highest BCUT2D eigenvalue weighted by Gasteiger charge is 2.43. The van der Waals surface area contributed by atoms with E-state index in [0.717, 1.165) is 4.68 Å². The van der Waals surface area contributed by atoms with Crippen molar-refractivity contribution >= 4 is 17.4 Å². The number of aromatic nitrogens is 2. The Morgan fingerprint density at radius 2 is 1.64 bits per heavy atom. The van der Waals surface area contributed by atoms with Gasteiger partial charge in [0.25, 0.3) is 5.91 Å². The fourth-order valence-electron chi connectivity index (χ4n) is 4.51. The van der Waals surface area contributed by atoms with Crippen molar-refractivity contribution in [1.82, 2.24) is 14.7 Å². The van der Waals surface area contributed by atoms with Gasteiger partial charge in [-0.3, -0.25) is 10.2 Å². The first kappa shape index (κ1) is 23.9. The Balaban J connectivity index is 1.47. The molecule has 1 N–H and O–H groups in total. The molecule has 5 rings (SSSR count). The number of hydrogen-bond acceptors (Lipinski definition) is 5. The molecule has 8 nitrogen and oxygen atoms in total. The number of carbonyl (C=O) groups excluding carboxylic acids is 1. The Hall–Kier alpha value is -3.86. The van der Waals surface area contributed by atoms with Crippen LogP contribution in [-0.2, 0) is 17.3 Å². The van der Waals surface area contributed by atoms with Crippen molar-refractivity contribution in [3.8, 4) is 11.4 Å². The number of amides is 1. The van der Waals surface area contributed by atoms with E-state index in [0.29, 0.717) is 54.8 Å². The van der Waals surface area contributed by atoms with Crippen LogP contribution in [0.3, 0.4) is 0 Å². The molecule has 188 valence electrons. The van der Waals surface area contributed by atoms with Gasteiger partial charge in [-0.15, -0.1) is 0 Å². The summed E-state index contributed by atoms with van der Waals surface area (Å²) >= 11 is 0. The minimum Gasteiger partial charge on any atom is -0.497 e. The Morgan fingerprint density at radius 3 is 2.25 bits per heavy atom. The topological polar surface area (TPSA) is 83.7 Å². The lowest BCUT2D eigenvalue weighted by atomic mass is 10.0. The summed E-state index contributed by atoms with van der Waals surface area (Å²) in [5.41, 5.74) is 0.297. The van der Waals surface area contributed by atoms with Crippen molar-refractivity contribution in [2.75, 3.05) is 44.9 Å². The molecule has 2 aromatic carbocycles. The molecule has 0 bridgehead atoms. The molecule has 36 heavy (non-hydrogen) atoms. The van der Waals surface area contributed by atoms with Crippen molar-refractivity contribution in [3.05, 3.63) is 71.0 Å². The van der Waals surface area contributed by atoms with Crippen molar-refractivity contribution in [2.24, 2.45) is 0 Å². The number of benzene rings is 2. The number of ether oxygens (including phenoxy) is 2. The summed E-state index contributed by atoms with van der Waals surface area (Å²) in [5, 5.41) is 12.3. The maximum atomic E-state index is 13.8. The molecule has 0 atom stereocenters. The number of carbonyl (C=O) groups is 1. The molecule has 0 spiro atoms. The number of rotatable bonds is 4. The predicted molar refractivity (Wildman–Crippen MR) is 126 cm³/mol. The minimum atomic E-state index is -4.69. The van der Waals surface area contributed by atoms with Crippen LogP contribution in [0.15, 0.2) is 48.5 Å². The van der Waals surface area contributed by atoms with Crippen molar-refractivity contribution in [2.45, 2.75) is 12.6 Å². The largest absolute Gasteiger partial charge is 0.497 e. The number of halogens is 3. The average Bonchev–Trinajstić information content (AvgIpc) is 3.30. The van der Waals surface area contributed by atoms with E-state index < -0.39 is 17.8 Å². The third kappa shape index (κ3) is 4.30. The second-order valence-corrected chi connectivity index (χ2v) is 8.49. The molecule has 1 fully saturated rings. The van der Waals surface area contributed by atoms with Gasteiger partial charge in [-0.25, -0.2) is 4.68 Å². The second-order valence-electron chi connectivity index (χ2n) is 8.49. The first-order chi connectivity index (χ1) is 17.3. The molecular formula is C25H24F3N5O3. The maximum Gasteiger partial charge on any atom is 0.435 e. The van der Waals surface area contributed by atoms with Crippen LogP contribution >= 0.6 is 0 Å². The maximum absolute atomic E-state index is 13.8. The number of amidine groups is 1. The molecule has 3 aromatic rings. The Morgan fingerprint density at radius 1 is 1.00 bits per heavy atom. The summed E-state index contributed by atoms with van der Waals surface area (Å²) < 4.78 is 52.9. The molecule has 0 saturated carbocycles. The van der Waals surface area contributed by atoms with Crippen LogP contribution < -0.4 is 9.64 Å². The number of nitrogens with one attached hydrogen (secondary N) is 1. The van der Waals surface area contributed by atoms with Gasteiger partial charge in [-0.05, 0) is 55.0 Å². The van der Waals surface area contributed by atoms with Gasteiger partial charge < -0.3 is 19.3 Å². The fourth-order valence-corrected chi connectivity index (χ4v) is 4.51. The number of alkyl halides is 3. The van der Waals surface area contributed by atoms with E-state index in [1.54, 1.807) is 48.5 Å². The molecular weight excluding hydrogens is 475 g/mol.